The van der Waals surface area contributed by atoms with Gasteiger partial charge in [-0.1, -0.05) is 6.07 Å². The Balaban J connectivity index is 2.66. The van der Waals surface area contributed by atoms with E-state index in [1.165, 1.54) is 0 Å². The van der Waals surface area contributed by atoms with Crippen LogP contribution in [0, 0.1) is 6.92 Å². The van der Waals surface area contributed by atoms with Gasteiger partial charge in [-0.3, -0.25) is 15.4 Å². The van der Waals surface area contributed by atoms with Gasteiger partial charge in [0.25, 0.3) is 0 Å². The average Bonchev–Trinajstić information content (AvgIpc) is 2.45. The van der Waals surface area contributed by atoms with Crippen molar-refractivity contribution in [2.24, 2.45) is 10.8 Å². The second-order valence-electron chi connectivity index (χ2n) is 4.48. The van der Waals surface area contributed by atoms with Gasteiger partial charge in [-0.15, -0.1) is 0 Å². The molecule has 6 heteroatoms. The molecule has 1 aromatic heterocycles. The third-order valence-electron chi connectivity index (χ3n) is 2.88. The van der Waals surface area contributed by atoms with Crippen LogP contribution in [0.5, 0.6) is 0 Å². The molecule has 0 aliphatic rings. The highest BCUT2D eigenvalue weighted by Gasteiger charge is 2.09. The summed E-state index contributed by atoms with van der Waals surface area (Å²) in [6.07, 6.45) is 0.877. The number of pyridine rings is 1. The van der Waals surface area contributed by atoms with Crippen LogP contribution in [0.2, 0.25) is 0 Å². The van der Waals surface area contributed by atoms with E-state index >= 15 is 0 Å². The molecular formula is C14H25N5O. The zero-order chi connectivity index (χ0) is 14.8. The first-order valence-electron chi connectivity index (χ1n) is 6.88. The largest absolute Gasteiger partial charge is 0.385 e. The first kappa shape index (κ1) is 16.4. The fourth-order valence-electron chi connectivity index (χ4n) is 1.85. The summed E-state index contributed by atoms with van der Waals surface area (Å²) in [5.74, 6) is 6.26. The van der Waals surface area contributed by atoms with E-state index in [4.69, 9.17) is 10.6 Å². The van der Waals surface area contributed by atoms with Gasteiger partial charge in [0, 0.05) is 32.5 Å². The van der Waals surface area contributed by atoms with Crippen LogP contribution in [0.4, 0.5) is 0 Å². The molecule has 0 amide bonds. The van der Waals surface area contributed by atoms with Crippen LogP contribution in [-0.2, 0) is 11.3 Å². The number of nitrogens with one attached hydrogen (secondary N) is 1. The lowest BCUT2D eigenvalue weighted by atomic mass is 10.3. The quantitative estimate of drug-likeness (QED) is 0.257. The monoisotopic (exact) mass is 279 g/mol. The summed E-state index contributed by atoms with van der Waals surface area (Å²) < 4.78 is 5.01. The summed E-state index contributed by atoms with van der Waals surface area (Å²) in [5, 5.41) is 0. The predicted molar refractivity (Wildman–Crippen MR) is 81.2 cm³/mol. The number of hydrogen-bond acceptors (Lipinski definition) is 4. The summed E-state index contributed by atoms with van der Waals surface area (Å²) in [4.78, 5) is 11.0. The third-order valence-corrected chi connectivity index (χ3v) is 2.88. The van der Waals surface area contributed by atoms with Crippen molar-refractivity contribution in [3.63, 3.8) is 0 Å². The SMILES string of the molecule is CCN(Cc1cccc(C)n1)C(=NCCCOC)NN. The maximum atomic E-state index is 5.57. The Bertz CT molecular complexity index is 422. The van der Waals surface area contributed by atoms with Crippen molar-refractivity contribution in [2.75, 3.05) is 26.8 Å². The van der Waals surface area contributed by atoms with Gasteiger partial charge < -0.3 is 9.64 Å². The normalized spacial score (nSPS) is 11.5. The standard InChI is InChI=1S/C14H25N5O/c1-4-19(11-13-8-5-7-12(2)17-13)14(18-15)16-9-6-10-20-3/h5,7-8H,4,6,9-11,15H2,1-3H3,(H,16,18). The number of guanidine groups is 1. The smallest absolute Gasteiger partial charge is 0.208 e. The molecule has 0 bridgehead atoms. The van der Waals surface area contributed by atoms with Gasteiger partial charge in [0.05, 0.1) is 12.2 Å². The summed E-state index contributed by atoms with van der Waals surface area (Å²) >= 11 is 0. The number of methoxy groups -OCH3 is 1. The van der Waals surface area contributed by atoms with Crippen LogP contribution in [0.25, 0.3) is 0 Å². The molecule has 0 fully saturated rings. The second-order valence-corrected chi connectivity index (χ2v) is 4.48. The molecule has 112 valence electrons. The number of nitrogens with two attached hydrogens (primary N) is 1. The van der Waals surface area contributed by atoms with E-state index in [0.29, 0.717) is 25.7 Å². The zero-order valence-corrected chi connectivity index (χ0v) is 12.6. The molecule has 0 radical (unpaired) electrons. The molecule has 1 heterocycles. The molecule has 0 aliphatic carbocycles. The fraction of sp³-hybridized carbons (Fsp3) is 0.571. The number of hydrogen-bond donors (Lipinski definition) is 2. The van der Waals surface area contributed by atoms with Crippen molar-refractivity contribution in [1.82, 2.24) is 15.3 Å². The van der Waals surface area contributed by atoms with Crippen molar-refractivity contribution in [3.05, 3.63) is 29.6 Å². The van der Waals surface area contributed by atoms with E-state index in [1.54, 1.807) is 7.11 Å². The van der Waals surface area contributed by atoms with Gasteiger partial charge >= 0.3 is 0 Å². The Hall–Kier alpha value is -1.66. The molecule has 0 unspecified atom stereocenters. The van der Waals surface area contributed by atoms with Crippen LogP contribution in [0.15, 0.2) is 23.2 Å². The lowest BCUT2D eigenvalue weighted by Gasteiger charge is -2.23. The highest BCUT2D eigenvalue weighted by Crippen LogP contribution is 2.03. The van der Waals surface area contributed by atoms with E-state index in [1.807, 2.05) is 25.1 Å². The van der Waals surface area contributed by atoms with Crippen LogP contribution in [0.3, 0.4) is 0 Å². The average molecular weight is 279 g/mol. The number of aryl methyl sites for hydroxylation is 1. The van der Waals surface area contributed by atoms with Gasteiger partial charge in [-0.05, 0) is 32.4 Å². The minimum atomic E-state index is 0.686. The van der Waals surface area contributed by atoms with Gasteiger partial charge in [0.1, 0.15) is 0 Å². The van der Waals surface area contributed by atoms with Gasteiger partial charge in [0.2, 0.25) is 5.96 Å². The Kier molecular flexibility index (Phi) is 7.60. The number of ether oxygens (including phenoxy) is 1. The molecule has 0 atom stereocenters. The van der Waals surface area contributed by atoms with E-state index in [0.717, 1.165) is 24.4 Å². The van der Waals surface area contributed by atoms with Crippen molar-refractivity contribution in [1.29, 1.82) is 0 Å². The van der Waals surface area contributed by atoms with Crippen LogP contribution < -0.4 is 11.3 Å². The molecule has 0 spiro atoms. The first-order valence-corrected chi connectivity index (χ1v) is 6.88. The number of hydrazine groups is 1. The van der Waals surface area contributed by atoms with Crippen LogP contribution in [-0.4, -0.2) is 42.6 Å². The lowest BCUT2D eigenvalue weighted by Crippen LogP contribution is -2.44. The van der Waals surface area contributed by atoms with Gasteiger partial charge in [-0.2, -0.15) is 0 Å². The van der Waals surface area contributed by atoms with Gasteiger partial charge in [-0.25, -0.2) is 5.84 Å². The van der Waals surface area contributed by atoms with Crippen molar-refractivity contribution in [3.8, 4) is 0 Å². The summed E-state index contributed by atoms with van der Waals surface area (Å²) in [6, 6.07) is 6.01. The number of nitrogens with zero attached hydrogens (tertiary/aromatic N) is 3. The van der Waals surface area contributed by atoms with Crippen molar-refractivity contribution < 1.29 is 4.74 Å². The molecule has 20 heavy (non-hydrogen) atoms. The topological polar surface area (TPSA) is 75.8 Å². The third kappa shape index (κ3) is 5.54. The molecule has 0 saturated heterocycles. The molecule has 3 N–H and O–H groups in total. The Morgan fingerprint density at radius 1 is 1.50 bits per heavy atom. The number of aromatic nitrogens is 1. The second kappa shape index (κ2) is 9.28. The minimum Gasteiger partial charge on any atom is -0.385 e. The summed E-state index contributed by atoms with van der Waals surface area (Å²) in [5.41, 5.74) is 4.69. The van der Waals surface area contributed by atoms with E-state index in [-0.39, 0.29) is 0 Å². The number of rotatable bonds is 7. The molecule has 0 saturated carbocycles. The minimum absolute atomic E-state index is 0.686. The van der Waals surface area contributed by atoms with Crippen LogP contribution in [0.1, 0.15) is 24.7 Å². The maximum absolute atomic E-state index is 5.57. The predicted octanol–water partition coefficient (Wildman–Crippen LogP) is 1.07. The highest BCUT2D eigenvalue weighted by molar-refractivity contribution is 5.79. The number of aliphatic imine (C=N–C) groups is 1. The van der Waals surface area contributed by atoms with E-state index in [9.17, 15) is 0 Å². The van der Waals surface area contributed by atoms with Crippen molar-refractivity contribution >= 4 is 5.96 Å². The molecule has 1 aromatic rings. The summed E-state index contributed by atoms with van der Waals surface area (Å²) in [7, 11) is 1.69. The van der Waals surface area contributed by atoms with Crippen molar-refractivity contribution in [2.45, 2.75) is 26.8 Å². The fourth-order valence-corrected chi connectivity index (χ4v) is 1.85. The van der Waals surface area contributed by atoms with E-state index < -0.39 is 0 Å². The lowest BCUT2D eigenvalue weighted by molar-refractivity contribution is 0.197. The summed E-state index contributed by atoms with van der Waals surface area (Å²) in [6.45, 7) is 6.94. The first-order chi connectivity index (χ1) is 9.71. The highest BCUT2D eigenvalue weighted by atomic mass is 16.5. The van der Waals surface area contributed by atoms with E-state index in [2.05, 4.69) is 27.2 Å². The Morgan fingerprint density at radius 3 is 2.90 bits per heavy atom. The maximum Gasteiger partial charge on any atom is 0.208 e. The molecule has 0 aliphatic heterocycles. The molecule has 6 nitrogen and oxygen atoms in total. The molecule has 0 aromatic carbocycles. The Morgan fingerprint density at radius 2 is 2.30 bits per heavy atom. The molecular weight excluding hydrogens is 254 g/mol. The zero-order valence-electron chi connectivity index (χ0n) is 12.6. The van der Waals surface area contributed by atoms with Crippen LogP contribution >= 0.6 is 0 Å². The van der Waals surface area contributed by atoms with Gasteiger partial charge in [0.15, 0.2) is 0 Å². The Labute approximate surface area is 121 Å². The molecule has 1 rings (SSSR count).